The van der Waals surface area contributed by atoms with Crippen LogP contribution in [0.1, 0.15) is 36.8 Å². The van der Waals surface area contributed by atoms with Crippen LogP contribution in [0.2, 0.25) is 0 Å². The summed E-state index contributed by atoms with van der Waals surface area (Å²) in [7, 11) is 1.94. The quantitative estimate of drug-likeness (QED) is 0.672. The van der Waals surface area contributed by atoms with E-state index in [1.807, 2.05) is 26.1 Å². The second-order valence-corrected chi connectivity index (χ2v) is 6.11. The number of hydrogen-bond acceptors (Lipinski definition) is 3. The Bertz CT molecular complexity index is 789. The van der Waals surface area contributed by atoms with Crippen LogP contribution in [0.3, 0.4) is 0 Å². The van der Waals surface area contributed by atoms with Gasteiger partial charge in [0.1, 0.15) is 17.1 Å². The molecule has 0 aliphatic carbocycles. The van der Waals surface area contributed by atoms with Crippen molar-refractivity contribution >= 4 is 11.0 Å². The third-order valence-corrected chi connectivity index (χ3v) is 4.40. The van der Waals surface area contributed by atoms with Crippen LogP contribution >= 0.6 is 0 Å². The number of furan rings is 1. The van der Waals surface area contributed by atoms with Crippen LogP contribution in [-0.4, -0.2) is 13.7 Å². The Balaban J connectivity index is 1.68. The highest BCUT2D eigenvalue weighted by Crippen LogP contribution is 2.25. The number of aryl methyl sites for hydroxylation is 2. The molecule has 0 spiro atoms. The maximum Gasteiger partial charge on any atom is 0.134 e. The van der Waals surface area contributed by atoms with Gasteiger partial charge in [0.05, 0.1) is 12.6 Å². The fraction of sp³-hybridized carbons (Fsp3) is 0.333. The lowest BCUT2D eigenvalue weighted by Gasteiger charge is -2.05. The Hall–Kier alpha value is -2.26. The zero-order valence-electron chi connectivity index (χ0n) is 14.6. The number of nitrogens with one attached hydrogen (secondary N) is 1. The van der Waals surface area contributed by atoms with Crippen LogP contribution in [0.5, 0.6) is 5.75 Å². The highest BCUT2D eigenvalue weighted by Gasteiger charge is 2.10. The van der Waals surface area contributed by atoms with Gasteiger partial charge in [-0.3, -0.25) is 0 Å². The molecule has 0 saturated heterocycles. The van der Waals surface area contributed by atoms with Crippen LogP contribution in [0.15, 0.2) is 52.9 Å². The number of benzene rings is 2. The third kappa shape index (κ3) is 3.80. The fourth-order valence-electron chi connectivity index (χ4n) is 2.81. The molecule has 0 saturated carbocycles. The molecule has 0 bridgehead atoms. The summed E-state index contributed by atoms with van der Waals surface area (Å²) in [6.07, 6.45) is 2.01. The maximum atomic E-state index is 5.98. The first-order chi connectivity index (χ1) is 11.7. The van der Waals surface area contributed by atoms with Gasteiger partial charge in [0.2, 0.25) is 0 Å². The van der Waals surface area contributed by atoms with Crippen LogP contribution in [0.25, 0.3) is 11.0 Å². The molecular weight excluding hydrogens is 298 g/mol. The molecule has 0 radical (unpaired) electrons. The topological polar surface area (TPSA) is 34.4 Å². The van der Waals surface area contributed by atoms with E-state index in [9.17, 15) is 0 Å². The minimum Gasteiger partial charge on any atom is -0.494 e. The van der Waals surface area contributed by atoms with E-state index in [4.69, 9.17) is 9.15 Å². The first kappa shape index (κ1) is 16.6. The summed E-state index contributed by atoms with van der Waals surface area (Å²) < 4.78 is 11.5. The normalized spacial score (nSPS) is 12.5. The average molecular weight is 323 g/mol. The third-order valence-electron chi connectivity index (χ3n) is 4.40. The molecule has 126 valence electrons. The van der Waals surface area contributed by atoms with E-state index in [0.717, 1.165) is 35.3 Å². The summed E-state index contributed by atoms with van der Waals surface area (Å²) in [6.45, 7) is 4.81. The summed E-state index contributed by atoms with van der Waals surface area (Å²) in [5.41, 5.74) is 3.59. The van der Waals surface area contributed by atoms with Crippen molar-refractivity contribution in [2.75, 3.05) is 13.7 Å². The van der Waals surface area contributed by atoms with Crippen molar-refractivity contribution in [1.82, 2.24) is 5.32 Å². The Morgan fingerprint density at radius 2 is 1.71 bits per heavy atom. The molecule has 0 aliphatic rings. The van der Waals surface area contributed by atoms with Gasteiger partial charge in [0.25, 0.3) is 0 Å². The van der Waals surface area contributed by atoms with Crippen molar-refractivity contribution in [3.8, 4) is 5.75 Å². The zero-order chi connectivity index (χ0) is 16.9. The molecule has 0 fully saturated rings. The van der Waals surface area contributed by atoms with Crippen LogP contribution in [0.4, 0.5) is 0 Å². The Morgan fingerprint density at radius 1 is 1.00 bits per heavy atom. The predicted octanol–water partition coefficient (Wildman–Crippen LogP) is 4.90. The molecule has 3 nitrogen and oxygen atoms in total. The second-order valence-electron chi connectivity index (χ2n) is 6.11. The molecule has 1 aromatic heterocycles. The van der Waals surface area contributed by atoms with Crippen molar-refractivity contribution in [1.29, 1.82) is 0 Å². The van der Waals surface area contributed by atoms with E-state index in [0.29, 0.717) is 6.61 Å². The maximum absolute atomic E-state index is 5.98. The van der Waals surface area contributed by atoms with Gasteiger partial charge in [-0.1, -0.05) is 24.3 Å². The van der Waals surface area contributed by atoms with Gasteiger partial charge in [-0.25, -0.2) is 0 Å². The second kappa shape index (κ2) is 7.54. The Morgan fingerprint density at radius 3 is 2.42 bits per heavy atom. The standard InChI is InChI=1S/C21H25NO2/c1-4-23-19-11-8-16(9-12-19)5-6-17-7-10-18-14-20(15(2)22-3)24-21(18)13-17/h7-15,22H,4-6H2,1-3H3. The van der Waals surface area contributed by atoms with Gasteiger partial charge in [0.15, 0.2) is 0 Å². The van der Waals surface area contributed by atoms with Gasteiger partial charge in [-0.05, 0) is 69.1 Å². The Kier molecular flexibility index (Phi) is 5.21. The fourth-order valence-corrected chi connectivity index (χ4v) is 2.81. The molecular formula is C21H25NO2. The first-order valence-corrected chi connectivity index (χ1v) is 8.61. The largest absolute Gasteiger partial charge is 0.494 e. The van der Waals surface area contributed by atoms with E-state index >= 15 is 0 Å². The van der Waals surface area contributed by atoms with E-state index in [1.54, 1.807) is 0 Å². The van der Waals surface area contributed by atoms with Crippen LogP contribution in [-0.2, 0) is 12.8 Å². The first-order valence-electron chi connectivity index (χ1n) is 8.61. The molecule has 3 aromatic rings. The molecule has 1 atom stereocenters. The van der Waals surface area contributed by atoms with E-state index in [-0.39, 0.29) is 6.04 Å². The highest BCUT2D eigenvalue weighted by atomic mass is 16.5. The zero-order valence-corrected chi connectivity index (χ0v) is 14.6. The van der Waals surface area contributed by atoms with Crippen molar-refractivity contribution in [3.63, 3.8) is 0 Å². The monoisotopic (exact) mass is 323 g/mol. The van der Waals surface area contributed by atoms with E-state index in [1.165, 1.54) is 11.1 Å². The average Bonchev–Trinajstić information content (AvgIpc) is 3.04. The van der Waals surface area contributed by atoms with Gasteiger partial charge >= 0.3 is 0 Å². The van der Waals surface area contributed by atoms with Gasteiger partial charge in [0, 0.05) is 5.39 Å². The lowest BCUT2D eigenvalue weighted by atomic mass is 10.0. The minimum absolute atomic E-state index is 0.227. The minimum atomic E-state index is 0.227. The predicted molar refractivity (Wildman–Crippen MR) is 98.7 cm³/mol. The van der Waals surface area contributed by atoms with Crippen LogP contribution < -0.4 is 10.1 Å². The molecule has 3 rings (SSSR count). The Labute approximate surface area is 143 Å². The number of hydrogen-bond donors (Lipinski definition) is 1. The smallest absolute Gasteiger partial charge is 0.134 e. The van der Waals surface area contributed by atoms with Crippen molar-refractivity contribution in [2.45, 2.75) is 32.7 Å². The summed E-state index contributed by atoms with van der Waals surface area (Å²) in [5, 5.41) is 4.38. The van der Waals surface area contributed by atoms with E-state index in [2.05, 4.69) is 48.6 Å². The molecule has 1 heterocycles. The highest BCUT2D eigenvalue weighted by molar-refractivity contribution is 5.78. The van der Waals surface area contributed by atoms with Gasteiger partial charge in [-0.2, -0.15) is 0 Å². The van der Waals surface area contributed by atoms with Crippen molar-refractivity contribution in [3.05, 3.63) is 65.4 Å². The van der Waals surface area contributed by atoms with E-state index < -0.39 is 0 Å². The molecule has 1 unspecified atom stereocenters. The van der Waals surface area contributed by atoms with Gasteiger partial charge in [-0.15, -0.1) is 0 Å². The summed E-state index contributed by atoms with van der Waals surface area (Å²) in [5.74, 6) is 1.92. The molecule has 2 aromatic carbocycles. The van der Waals surface area contributed by atoms with Crippen LogP contribution in [0, 0.1) is 0 Å². The number of fused-ring (bicyclic) bond motifs is 1. The molecule has 3 heteroatoms. The van der Waals surface area contributed by atoms with Gasteiger partial charge < -0.3 is 14.5 Å². The number of ether oxygens (including phenoxy) is 1. The SMILES string of the molecule is CCOc1ccc(CCc2ccc3cc(C(C)NC)oc3c2)cc1. The van der Waals surface area contributed by atoms with Crippen molar-refractivity contribution < 1.29 is 9.15 Å². The summed E-state index contributed by atoms with van der Waals surface area (Å²) in [4.78, 5) is 0. The lowest BCUT2D eigenvalue weighted by molar-refractivity contribution is 0.340. The summed E-state index contributed by atoms with van der Waals surface area (Å²) >= 11 is 0. The molecule has 0 amide bonds. The molecule has 24 heavy (non-hydrogen) atoms. The summed E-state index contributed by atoms with van der Waals surface area (Å²) in [6, 6.07) is 17.2. The molecule has 1 N–H and O–H groups in total. The number of rotatable bonds is 7. The lowest BCUT2D eigenvalue weighted by Crippen LogP contribution is -2.10. The van der Waals surface area contributed by atoms with Crippen molar-refractivity contribution in [2.24, 2.45) is 0 Å². The molecule has 0 aliphatic heterocycles.